The highest BCUT2D eigenvalue weighted by Crippen LogP contribution is 2.24. The first-order valence-electron chi connectivity index (χ1n) is 7.66. The van der Waals surface area contributed by atoms with Crippen LogP contribution < -0.4 is 4.74 Å². The third-order valence-electron chi connectivity index (χ3n) is 3.52. The monoisotopic (exact) mass is 328 g/mol. The van der Waals surface area contributed by atoms with Crippen LogP contribution in [0.15, 0.2) is 53.7 Å². The highest BCUT2D eigenvalue weighted by Gasteiger charge is 2.10. The molecule has 0 saturated carbocycles. The number of aromatic nitrogens is 2. The highest BCUT2D eigenvalue weighted by atomic mass is 32.2. The Labute approximate surface area is 140 Å². The van der Waals surface area contributed by atoms with Crippen LogP contribution in [0.25, 0.3) is 11.0 Å². The molecule has 0 atom stereocenters. The maximum Gasteiger partial charge on any atom is 0.169 e. The maximum atomic E-state index is 9.06. The van der Waals surface area contributed by atoms with E-state index >= 15 is 0 Å². The average molecular weight is 328 g/mol. The Morgan fingerprint density at radius 2 is 2.04 bits per heavy atom. The normalized spacial score (nSPS) is 11.0. The number of fused-ring (bicyclic) bond motifs is 1. The lowest BCUT2D eigenvalue weighted by Gasteiger charge is -2.10. The lowest BCUT2D eigenvalue weighted by Crippen LogP contribution is -2.09. The average Bonchev–Trinajstić information content (AvgIpc) is 2.91. The molecule has 2 aromatic carbocycles. The summed E-state index contributed by atoms with van der Waals surface area (Å²) < 4.78 is 8.02. The van der Waals surface area contributed by atoms with Crippen LogP contribution in [0.1, 0.15) is 5.56 Å². The van der Waals surface area contributed by atoms with Gasteiger partial charge in [0.25, 0.3) is 0 Å². The van der Waals surface area contributed by atoms with E-state index in [0.717, 1.165) is 28.5 Å². The minimum absolute atomic E-state index is 0.146. The number of thioether (sulfide) groups is 1. The molecule has 0 bridgehead atoms. The Hall–Kier alpha value is -1.98. The van der Waals surface area contributed by atoms with Gasteiger partial charge in [0.15, 0.2) is 5.16 Å². The van der Waals surface area contributed by atoms with Crippen molar-refractivity contribution in [2.24, 2.45) is 0 Å². The third kappa shape index (κ3) is 3.86. The SMILES string of the molecule is Cc1cccc(OCCn2c(SCCO)nc3ccccc32)c1. The van der Waals surface area contributed by atoms with Crippen molar-refractivity contribution in [2.45, 2.75) is 18.6 Å². The van der Waals surface area contributed by atoms with Crippen molar-refractivity contribution in [3.05, 3.63) is 54.1 Å². The topological polar surface area (TPSA) is 47.3 Å². The summed E-state index contributed by atoms with van der Waals surface area (Å²) in [4.78, 5) is 4.65. The van der Waals surface area contributed by atoms with Crippen molar-refractivity contribution in [3.8, 4) is 5.75 Å². The molecule has 1 heterocycles. The molecule has 3 aromatic rings. The van der Waals surface area contributed by atoms with Gasteiger partial charge < -0.3 is 14.4 Å². The number of ether oxygens (including phenoxy) is 1. The Balaban J connectivity index is 1.75. The second-order valence-electron chi connectivity index (χ2n) is 5.27. The van der Waals surface area contributed by atoms with Gasteiger partial charge in [0.1, 0.15) is 12.4 Å². The van der Waals surface area contributed by atoms with Gasteiger partial charge in [0.2, 0.25) is 0 Å². The number of para-hydroxylation sites is 2. The largest absolute Gasteiger partial charge is 0.492 e. The molecule has 0 spiro atoms. The van der Waals surface area contributed by atoms with Gasteiger partial charge in [0.05, 0.1) is 24.2 Å². The van der Waals surface area contributed by atoms with Crippen LogP contribution in [0.2, 0.25) is 0 Å². The van der Waals surface area contributed by atoms with Crippen molar-refractivity contribution in [3.63, 3.8) is 0 Å². The van der Waals surface area contributed by atoms with Gasteiger partial charge in [-0.1, -0.05) is 36.0 Å². The number of nitrogens with zero attached hydrogens (tertiary/aromatic N) is 2. The summed E-state index contributed by atoms with van der Waals surface area (Å²) in [7, 11) is 0. The standard InChI is InChI=1S/C18H20N2O2S/c1-14-5-4-6-15(13-14)22-11-9-20-17-8-3-2-7-16(17)19-18(20)23-12-10-21/h2-8,13,21H,9-12H2,1H3. The van der Waals surface area contributed by atoms with E-state index in [4.69, 9.17) is 9.84 Å². The molecule has 3 rings (SSSR count). The first-order chi connectivity index (χ1) is 11.3. The van der Waals surface area contributed by atoms with Crippen LogP contribution in [0.4, 0.5) is 0 Å². The number of hydrogen-bond donors (Lipinski definition) is 1. The molecule has 5 heteroatoms. The van der Waals surface area contributed by atoms with Gasteiger partial charge in [-0.05, 0) is 36.8 Å². The fraction of sp³-hybridized carbons (Fsp3) is 0.278. The second kappa shape index (κ2) is 7.53. The molecule has 120 valence electrons. The Kier molecular flexibility index (Phi) is 5.20. The molecule has 0 aliphatic rings. The number of rotatable bonds is 7. The minimum atomic E-state index is 0.146. The van der Waals surface area contributed by atoms with Crippen LogP contribution in [-0.2, 0) is 6.54 Å². The molecule has 4 nitrogen and oxygen atoms in total. The van der Waals surface area contributed by atoms with Crippen molar-refractivity contribution < 1.29 is 9.84 Å². The predicted molar refractivity (Wildman–Crippen MR) is 94.2 cm³/mol. The van der Waals surface area contributed by atoms with Crippen LogP contribution in [0.3, 0.4) is 0 Å². The van der Waals surface area contributed by atoms with Crippen molar-refractivity contribution in [1.29, 1.82) is 0 Å². The Morgan fingerprint density at radius 1 is 1.17 bits per heavy atom. The van der Waals surface area contributed by atoms with E-state index in [0.29, 0.717) is 12.4 Å². The van der Waals surface area contributed by atoms with Gasteiger partial charge in [-0.25, -0.2) is 4.98 Å². The van der Waals surface area contributed by atoms with E-state index in [1.54, 1.807) is 11.8 Å². The number of hydrogen-bond acceptors (Lipinski definition) is 4. The number of aliphatic hydroxyl groups excluding tert-OH is 1. The maximum absolute atomic E-state index is 9.06. The predicted octanol–water partition coefficient (Wildman–Crippen LogP) is 3.51. The van der Waals surface area contributed by atoms with Gasteiger partial charge in [0, 0.05) is 5.75 Å². The summed E-state index contributed by atoms with van der Waals surface area (Å²) in [5, 5.41) is 9.99. The van der Waals surface area contributed by atoms with Gasteiger partial charge >= 0.3 is 0 Å². The third-order valence-corrected chi connectivity index (χ3v) is 4.47. The number of aliphatic hydroxyl groups is 1. The summed E-state index contributed by atoms with van der Waals surface area (Å²) in [6.45, 7) is 3.51. The van der Waals surface area contributed by atoms with E-state index in [-0.39, 0.29) is 6.61 Å². The molecule has 0 aliphatic carbocycles. The summed E-state index contributed by atoms with van der Waals surface area (Å²) in [6, 6.07) is 16.1. The van der Waals surface area contributed by atoms with Gasteiger partial charge in [-0.2, -0.15) is 0 Å². The zero-order valence-electron chi connectivity index (χ0n) is 13.1. The molecule has 0 amide bonds. The van der Waals surface area contributed by atoms with Crippen molar-refractivity contribution in [2.75, 3.05) is 19.0 Å². The first-order valence-corrected chi connectivity index (χ1v) is 8.65. The fourth-order valence-corrected chi connectivity index (χ4v) is 3.26. The minimum Gasteiger partial charge on any atom is -0.492 e. The molecular formula is C18H20N2O2S. The van der Waals surface area contributed by atoms with E-state index in [2.05, 4.69) is 28.6 Å². The van der Waals surface area contributed by atoms with Crippen molar-refractivity contribution in [1.82, 2.24) is 9.55 Å². The lowest BCUT2D eigenvalue weighted by atomic mass is 10.2. The van der Waals surface area contributed by atoms with Crippen LogP contribution in [0.5, 0.6) is 5.75 Å². The fourth-order valence-electron chi connectivity index (χ4n) is 2.48. The highest BCUT2D eigenvalue weighted by molar-refractivity contribution is 7.99. The van der Waals surface area contributed by atoms with Gasteiger partial charge in [-0.3, -0.25) is 0 Å². The zero-order valence-corrected chi connectivity index (χ0v) is 13.9. The quantitative estimate of drug-likeness (QED) is 0.674. The van der Waals surface area contributed by atoms with Crippen LogP contribution >= 0.6 is 11.8 Å². The molecule has 0 fully saturated rings. The van der Waals surface area contributed by atoms with Gasteiger partial charge in [-0.15, -0.1) is 0 Å². The van der Waals surface area contributed by atoms with Crippen LogP contribution in [-0.4, -0.2) is 33.6 Å². The summed E-state index contributed by atoms with van der Waals surface area (Å²) >= 11 is 1.57. The molecule has 1 N–H and O–H groups in total. The zero-order chi connectivity index (χ0) is 16.1. The summed E-state index contributed by atoms with van der Waals surface area (Å²) in [5.74, 6) is 1.53. The summed E-state index contributed by atoms with van der Waals surface area (Å²) in [6.07, 6.45) is 0. The number of imidazole rings is 1. The Morgan fingerprint density at radius 3 is 2.87 bits per heavy atom. The van der Waals surface area contributed by atoms with Crippen LogP contribution in [0, 0.1) is 6.92 Å². The molecule has 0 unspecified atom stereocenters. The molecule has 23 heavy (non-hydrogen) atoms. The smallest absolute Gasteiger partial charge is 0.169 e. The molecule has 1 aromatic heterocycles. The van der Waals surface area contributed by atoms with Crippen molar-refractivity contribution >= 4 is 22.8 Å². The van der Waals surface area contributed by atoms with E-state index in [1.807, 2.05) is 36.4 Å². The van der Waals surface area contributed by atoms with E-state index in [1.165, 1.54) is 5.56 Å². The molecular weight excluding hydrogens is 308 g/mol. The lowest BCUT2D eigenvalue weighted by molar-refractivity contribution is 0.295. The molecule has 0 saturated heterocycles. The second-order valence-corrected chi connectivity index (χ2v) is 6.33. The summed E-state index contributed by atoms with van der Waals surface area (Å²) in [5.41, 5.74) is 3.26. The number of aryl methyl sites for hydroxylation is 1. The first kappa shape index (κ1) is 15.9. The molecule has 0 aliphatic heterocycles. The van der Waals surface area contributed by atoms with E-state index < -0.39 is 0 Å². The van der Waals surface area contributed by atoms with E-state index in [9.17, 15) is 0 Å². The molecule has 0 radical (unpaired) electrons. The number of benzene rings is 2. The Bertz CT molecular complexity index is 786.